The van der Waals surface area contributed by atoms with Crippen molar-refractivity contribution in [1.82, 2.24) is 5.32 Å². The summed E-state index contributed by atoms with van der Waals surface area (Å²) >= 11 is 12.4. The van der Waals surface area contributed by atoms with Gasteiger partial charge in [0.05, 0.1) is 0 Å². The maximum absolute atomic E-state index is 6.23. The molecule has 2 rings (SSSR count). The molecule has 2 aromatic rings. The predicted octanol–water partition coefficient (Wildman–Crippen LogP) is 5.47. The van der Waals surface area contributed by atoms with Gasteiger partial charge in [0.1, 0.15) is 0 Å². The Morgan fingerprint density at radius 3 is 2.55 bits per heavy atom. The van der Waals surface area contributed by atoms with Crippen LogP contribution in [0.15, 0.2) is 36.4 Å². The Balaban J connectivity index is 2.37. The number of benzene rings is 2. The lowest BCUT2D eigenvalue weighted by Crippen LogP contribution is -2.14. The van der Waals surface area contributed by atoms with E-state index in [1.165, 1.54) is 5.56 Å². The second kappa shape index (κ2) is 7.12. The first-order chi connectivity index (χ1) is 9.61. The summed E-state index contributed by atoms with van der Waals surface area (Å²) in [4.78, 5) is 0. The van der Waals surface area contributed by atoms with Gasteiger partial charge in [0, 0.05) is 16.6 Å². The Bertz CT molecular complexity index is 594. The molecule has 106 valence electrons. The van der Waals surface area contributed by atoms with Gasteiger partial charge in [-0.05, 0) is 60.3 Å². The highest BCUT2D eigenvalue weighted by molar-refractivity contribution is 6.32. The highest BCUT2D eigenvalue weighted by Gasteiger charge is 2.07. The molecule has 0 aliphatic carbocycles. The van der Waals surface area contributed by atoms with E-state index in [4.69, 9.17) is 23.2 Å². The van der Waals surface area contributed by atoms with Crippen molar-refractivity contribution in [2.75, 3.05) is 6.54 Å². The van der Waals surface area contributed by atoms with Crippen LogP contribution in [0.4, 0.5) is 0 Å². The normalized spacial score (nSPS) is 10.8. The van der Waals surface area contributed by atoms with Crippen molar-refractivity contribution in [3.63, 3.8) is 0 Å². The summed E-state index contributed by atoms with van der Waals surface area (Å²) in [7, 11) is 0. The van der Waals surface area contributed by atoms with Crippen LogP contribution in [0.1, 0.15) is 24.5 Å². The monoisotopic (exact) mass is 307 g/mol. The minimum atomic E-state index is 0.746. The van der Waals surface area contributed by atoms with E-state index >= 15 is 0 Å². The summed E-state index contributed by atoms with van der Waals surface area (Å²) < 4.78 is 0. The molecule has 0 saturated carbocycles. The summed E-state index contributed by atoms with van der Waals surface area (Å²) in [5, 5.41) is 4.96. The zero-order valence-electron chi connectivity index (χ0n) is 11.8. The van der Waals surface area contributed by atoms with Crippen LogP contribution in [0, 0.1) is 6.92 Å². The van der Waals surface area contributed by atoms with E-state index in [9.17, 15) is 0 Å². The Kier molecular flexibility index (Phi) is 5.47. The van der Waals surface area contributed by atoms with Crippen molar-refractivity contribution in [1.29, 1.82) is 0 Å². The van der Waals surface area contributed by atoms with Crippen molar-refractivity contribution >= 4 is 23.2 Å². The predicted molar refractivity (Wildman–Crippen MR) is 88.6 cm³/mol. The van der Waals surface area contributed by atoms with E-state index in [0.29, 0.717) is 0 Å². The van der Waals surface area contributed by atoms with Crippen molar-refractivity contribution < 1.29 is 0 Å². The molecule has 2 aromatic carbocycles. The van der Waals surface area contributed by atoms with E-state index < -0.39 is 0 Å². The van der Waals surface area contributed by atoms with Crippen molar-refractivity contribution in [3.05, 3.63) is 57.6 Å². The molecule has 1 N–H and O–H groups in total. The largest absolute Gasteiger partial charge is 0.313 e. The zero-order valence-corrected chi connectivity index (χ0v) is 13.4. The number of hydrogen-bond donors (Lipinski definition) is 1. The first-order valence-electron chi connectivity index (χ1n) is 6.87. The van der Waals surface area contributed by atoms with Gasteiger partial charge in [0.2, 0.25) is 0 Å². The lowest BCUT2D eigenvalue weighted by atomic mass is 9.98. The second-order valence-corrected chi connectivity index (χ2v) is 5.79. The molecule has 0 spiro atoms. The molecular formula is C17H19Cl2N. The van der Waals surface area contributed by atoms with E-state index in [1.54, 1.807) is 0 Å². The molecule has 0 heterocycles. The highest BCUT2D eigenvalue weighted by atomic mass is 35.5. The number of rotatable bonds is 5. The van der Waals surface area contributed by atoms with Gasteiger partial charge < -0.3 is 5.32 Å². The first-order valence-corrected chi connectivity index (χ1v) is 7.63. The van der Waals surface area contributed by atoms with Crippen LogP contribution in [0.3, 0.4) is 0 Å². The van der Waals surface area contributed by atoms with Crippen LogP contribution in [-0.4, -0.2) is 6.54 Å². The molecule has 1 nitrogen and oxygen atoms in total. The topological polar surface area (TPSA) is 12.0 Å². The fourth-order valence-electron chi connectivity index (χ4n) is 2.13. The number of hydrogen-bond acceptors (Lipinski definition) is 1. The Morgan fingerprint density at radius 1 is 1.05 bits per heavy atom. The molecular weight excluding hydrogens is 289 g/mol. The molecule has 0 aliphatic rings. The third-order valence-corrected chi connectivity index (χ3v) is 3.94. The molecule has 0 amide bonds. The van der Waals surface area contributed by atoms with E-state index in [1.807, 2.05) is 31.2 Å². The molecule has 3 heteroatoms. The van der Waals surface area contributed by atoms with Gasteiger partial charge in [0.25, 0.3) is 0 Å². The maximum Gasteiger partial charge on any atom is 0.0441 e. The second-order valence-electron chi connectivity index (χ2n) is 4.94. The number of halogens is 2. The van der Waals surface area contributed by atoms with E-state index in [-0.39, 0.29) is 0 Å². The molecule has 0 atom stereocenters. The minimum absolute atomic E-state index is 0.746. The van der Waals surface area contributed by atoms with Crippen LogP contribution in [0.25, 0.3) is 11.1 Å². The van der Waals surface area contributed by atoms with E-state index in [0.717, 1.165) is 46.2 Å². The fourth-order valence-corrected chi connectivity index (χ4v) is 2.48. The van der Waals surface area contributed by atoms with Crippen molar-refractivity contribution in [3.8, 4) is 11.1 Å². The lowest BCUT2D eigenvalue weighted by molar-refractivity contribution is 0.676. The summed E-state index contributed by atoms with van der Waals surface area (Å²) in [6.45, 7) is 6.02. The standard InChI is InChI=1S/C17H19Cl2N/c1-3-8-20-11-14-6-7-15(18)10-16(14)13-5-4-12(2)17(19)9-13/h4-7,9-10,20H,3,8,11H2,1-2H3. The molecule has 0 aliphatic heterocycles. The third-order valence-electron chi connectivity index (χ3n) is 3.30. The van der Waals surface area contributed by atoms with Gasteiger partial charge in [-0.3, -0.25) is 0 Å². The lowest BCUT2D eigenvalue weighted by Gasteiger charge is -2.12. The smallest absolute Gasteiger partial charge is 0.0441 e. The first kappa shape index (κ1) is 15.4. The molecule has 20 heavy (non-hydrogen) atoms. The Morgan fingerprint density at radius 2 is 1.85 bits per heavy atom. The quantitative estimate of drug-likeness (QED) is 0.722. The molecule has 0 fully saturated rings. The maximum atomic E-state index is 6.23. The van der Waals surface area contributed by atoms with Gasteiger partial charge >= 0.3 is 0 Å². The van der Waals surface area contributed by atoms with Gasteiger partial charge in [-0.15, -0.1) is 0 Å². The zero-order chi connectivity index (χ0) is 14.5. The molecule has 0 saturated heterocycles. The van der Waals surface area contributed by atoms with Gasteiger partial charge in [-0.25, -0.2) is 0 Å². The third kappa shape index (κ3) is 3.76. The number of nitrogens with one attached hydrogen (secondary N) is 1. The average Bonchev–Trinajstić information content (AvgIpc) is 2.44. The van der Waals surface area contributed by atoms with Crippen molar-refractivity contribution in [2.24, 2.45) is 0 Å². The van der Waals surface area contributed by atoms with Gasteiger partial charge in [-0.2, -0.15) is 0 Å². The molecule has 0 radical (unpaired) electrons. The fraction of sp³-hybridized carbons (Fsp3) is 0.294. The van der Waals surface area contributed by atoms with Crippen LogP contribution in [-0.2, 0) is 6.54 Å². The van der Waals surface area contributed by atoms with Gasteiger partial charge in [0.15, 0.2) is 0 Å². The molecule has 0 aromatic heterocycles. The van der Waals surface area contributed by atoms with Gasteiger partial charge in [-0.1, -0.05) is 48.3 Å². The summed E-state index contributed by atoms with van der Waals surface area (Å²) in [5.74, 6) is 0. The molecule has 0 bridgehead atoms. The molecule has 0 unspecified atom stereocenters. The SMILES string of the molecule is CCCNCc1ccc(Cl)cc1-c1ccc(C)c(Cl)c1. The van der Waals surface area contributed by atoms with Crippen LogP contribution < -0.4 is 5.32 Å². The minimum Gasteiger partial charge on any atom is -0.313 e. The van der Waals surface area contributed by atoms with Crippen LogP contribution in [0.5, 0.6) is 0 Å². The Hall–Kier alpha value is -1.02. The number of aryl methyl sites for hydroxylation is 1. The summed E-state index contributed by atoms with van der Waals surface area (Å²) in [6.07, 6.45) is 1.12. The van der Waals surface area contributed by atoms with Crippen molar-refractivity contribution in [2.45, 2.75) is 26.8 Å². The Labute approximate surface area is 130 Å². The highest BCUT2D eigenvalue weighted by Crippen LogP contribution is 2.30. The van der Waals surface area contributed by atoms with Crippen LogP contribution >= 0.6 is 23.2 Å². The summed E-state index contributed by atoms with van der Waals surface area (Å²) in [6, 6.07) is 12.2. The average molecular weight is 308 g/mol. The van der Waals surface area contributed by atoms with E-state index in [2.05, 4.69) is 24.4 Å². The summed E-state index contributed by atoms with van der Waals surface area (Å²) in [5.41, 5.74) is 4.57. The van der Waals surface area contributed by atoms with Crippen LogP contribution in [0.2, 0.25) is 10.0 Å².